The van der Waals surface area contributed by atoms with Gasteiger partial charge < -0.3 is 0 Å². The van der Waals surface area contributed by atoms with Gasteiger partial charge in [0.1, 0.15) is 0 Å². The van der Waals surface area contributed by atoms with Crippen LogP contribution in [0, 0.1) is 11.3 Å². The van der Waals surface area contributed by atoms with Gasteiger partial charge in [0, 0.05) is 11.4 Å². The Kier molecular flexibility index (Phi) is 3.78. The molecule has 3 heteroatoms. The van der Waals surface area contributed by atoms with Crippen molar-refractivity contribution >= 4 is 11.8 Å². The normalized spacial score (nSPS) is 12.1. The van der Waals surface area contributed by atoms with E-state index < -0.39 is 0 Å². The molecule has 0 saturated heterocycles. The highest BCUT2D eigenvalue weighted by molar-refractivity contribution is 7.99. The molecular weight excluding hydrogens is 180 g/mol. The van der Waals surface area contributed by atoms with Gasteiger partial charge >= 0.3 is 0 Å². The van der Waals surface area contributed by atoms with E-state index in [1.54, 1.807) is 24.0 Å². The number of nitrogens with zero attached hydrogens (tertiary/aromatic N) is 2. The predicted octanol–water partition coefficient (Wildman–Crippen LogP) is 2.84. The van der Waals surface area contributed by atoms with Crippen LogP contribution in [0.15, 0.2) is 23.4 Å². The molecule has 1 unspecified atom stereocenters. The first-order valence-corrected chi connectivity index (χ1v) is 5.17. The zero-order valence-corrected chi connectivity index (χ0v) is 8.64. The molecule has 0 amide bonds. The van der Waals surface area contributed by atoms with Crippen LogP contribution in [0.3, 0.4) is 0 Å². The van der Waals surface area contributed by atoms with Crippen molar-refractivity contribution in [2.24, 2.45) is 0 Å². The standard InChI is InChI=1S/C10H12N2S/c1-3-8(2)13-10-6-9(7-11)4-5-12-10/h4-6,8H,3H2,1-2H3. The van der Waals surface area contributed by atoms with Gasteiger partial charge in [0.05, 0.1) is 16.7 Å². The molecule has 0 aromatic carbocycles. The minimum Gasteiger partial charge on any atom is -0.250 e. The van der Waals surface area contributed by atoms with Gasteiger partial charge in [0.25, 0.3) is 0 Å². The van der Waals surface area contributed by atoms with E-state index in [1.807, 2.05) is 6.07 Å². The van der Waals surface area contributed by atoms with Crippen LogP contribution in [0.4, 0.5) is 0 Å². The van der Waals surface area contributed by atoms with Crippen LogP contribution in [0.1, 0.15) is 25.8 Å². The van der Waals surface area contributed by atoms with Gasteiger partial charge in [-0.2, -0.15) is 5.26 Å². The van der Waals surface area contributed by atoms with Crippen LogP contribution in [0.2, 0.25) is 0 Å². The van der Waals surface area contributed by atoms with E-state index in [9.17, 15) is 0 Å². The highest BCUT2D eigenvalue weighted by atomic mass is 32.2. The maximum atomic E-state index is 8.67. The minimum absolute atomic E-state index is 0.557. The molecule has 13 heavy (non-hydrogen) atoms. The molecule has 0 spiro atoms. The molecule has 0 aliphatic carbocycles. The van der Waals surface area contributed by atoms with Gasteiger partial charge in [-0.25, -0.2) is 4.98 Å². The lowest BCUT2D eigenvalue weighted by molar-refractivity contribution is 0.901. The molecule has 1 aromatic heterocycles. The van der Waals surface area contributed by atoms with Gasteiger partial charge in [-0.1, -0.05) is 13.8 Å². The van der Waals surface area contributed by atoms with Crippen molar-refractivity contribution in [3.63, 3.8) is 0 Å². The first-order chi connectivity index (χ1) is 6.26. The molecular formula is C10H12N2S. The van der Waals surface area contributed by atoms with Crippen molar-refractivity contribution in [2.75, 3.05) is 0 Å². The summed E-state index contributed by atoms with van der Waals surface area (Å²) in [5, 5.41) is 10.2. The van der Waals surface area contributed by atoms with Crippen LogP contribution in [-0.2, 0) is 0 Å². The molecule has 0 aliphatic heterocycles. The first kappa shape index (κ1) is 10.1. The average Bonchev–Trinajstić information content (AvgIpc) is 2.18. The molecule has 0 N–H and O–H groups in total. The molecule has 68 valence electrons. The number of hydrogen-bond donors (Lipinski definition) is 0. The fraction of sp³-hybridized carbons (Fsp3) is 0.400. The molecule has 0 fully saturated rings. The number of hydrogen-bond acceptors (Lipinski definition) is 3. The van der Waals surface area contributed by atoms with Crippen LogP contribution >= 0.6 is 11.8 Å². The summed E-state index contributed by atoms with van der Waals surface area (Å²) >= 11 is 1.71. The second-order valence-electron chi connectivity index (χ2n) is 2.83. The number of aromatic nitrogens is 1. The summed E-state index contributed by atoms with van der Waals surface area (Å²) in [4.78, 5) is 4.19. The summed E-state index contributed by atoms with van der Waals surface area (Å²) < 4.78 is 0. The summed E-state index contributed by atoms with van der Waals surface area (Å²) in [7, 11) is 0. The Morgan fingerprint density at radius 3 is 3.08 bits per heavy atom. The minimum atomic E-state index is 0.557. The van der Waals surface area contributed by atoms with Gasteiger partial charge in [0.15, 0.2) is 0 Å². The summed E-state index contributed by atoms with van der Waals surface area (Å²) in [6.07, 6.45) is 2.80. The predicted molar refractivity (Wildman–Crippen MR) is 54.6 cm³/mol. The zero-order chi connectivity index (χ0) is 9.68. The molecule has 1 rings (SSSR count). The lowest BCUT2D eigenvalue weighted by Crippen LogP contribution is -1.93. The lowest BCUT2D eigenvalue weighted by Gasteiger charge is -2.06. The molecule has 1 atom stereocenters. The molecule has 0 bridgehead atoms. The fourth-order valence-electron chi connectivity index (χ4n) is 0.833. The SMILES string of the molecule is CCC(C)Sc1cc(C#N)ccn1. The van der Waals surface area contributed by atoms with E-state index in [0.717, 1.165) is 11.4 Å². The van der Waals surface area contributed by atoms with Gasteiger partial charge in [-0.3, -0.25) is 0 Å². The highest BCUT2D eigenvalue weighted by Crippen LogP contribution is 2.23. The topological polar surface area (TPSA) is 36.7 Å². The van der Waals surface area contributed by atoms with Gasteiger partial charge in [-0.15, -0.1) is 11.8 Å². The summed E-state index contributed by atoms with van der Waals surface area (Å²) in [6, 6.07) is 5.66. The van der Waals surface area contributed by atoms with E-state index in [0.29, 0.717) is 10.8 Å². The lowest BCUT2D eigenvalue weighted by atomic mass is 10.3. The smallest absolute Gasteiger partial charge is 0.0993 e. The second-order valence-corrected chi connectivity index (χ2v) is 4.29. The third-order valence-electron chi connectivity index (χ3n) is 1.76. The number of nitriles is 1. The summed E-state index contributed by atoms with van der Waals surface area (Å²) in [5.74, 6) is 0. The van der Waals surface area contributed by atoms with Crippen molar-refractivity contribution in [3.8, 4) is 6.07 Å². The average molecular weight is 192 g/mol. The van der Waals surface area contributed by atoms with Crippen LogP contribution in [0.25, 0.3) is 0 Å². The van der Waals surface area contributed by atoms with Crippen molar-refractivity contribution in [2.45, 2.75) is 30.5 Å². The van der Waals surface area contributed by atoms with E-state index in [4.69, 9.17) is 5.26 Å². The van der Waals surface area contributed by atoms with E-state index >= 15 is 0 Å². The monoisotopic (exact) mass is 192 g/mol. The van der Waals surface area contributed by atoms with E-state index in [-0.39, 0.29) is 0 Å². The highest BCUT2D eigenvalue weighted by Gasteiger charge is 2.03. The van der Waals surface area contributed by atoms with Crippen molar-refractivity contribution < 1.29 is 0 Å². The third kappa shape index (κ3) is 3.08. The molecule has 2 nitrogen and oxygen atoms in total. The van der Waals surface area contributed by atoms with E-state index in [1.165, 1.54) is 0 Å². The molecule has 1 heterocycles. The fourth-order valence-corrected chi connectivity index (χ4v) is 1.73. The second kappa shape index (κ2) is 4.88. The third-order valence-corrected chi connectivity index (χ3v) is 2.96. The molecule has 0 aliphatic rings. The first-order valence-electron chi connectivity index (χ1n) is 4.29. The Labute approximate surface area is 83.0 Å². The van der Waals surface area contributed by atoms with Gasteiger partial charge in [0.2, 0.25) is 0 Å². The van der Waals surface area contributed by atoms with Crippen LogP contribution in [0.5, 0.6) is 0 Å². The largest absolute Gasteiger partial charge is 0.250 e. The number of pyridine rings is 1. The maximum absolute atomic E-state index is 8.67. The van der Waals surface area contributed by atoms with Gasteiger partial charge in [-0.05, 0) is 18.6 Å². The van der Waals surface area contributed by atoms with Crippen LogP contribution < -0.4 is 0 Å². The quantitative estimate of drug-likeness (QED) is 0.691. The Balaban J connectivity index is 2.73. The Hall–Kier alpha value is -1.01. The molecule has 1 aromatic rings. The maximum Gasteiger partial charge on any atom is 0.0993 e. The van der Waals surface area contributed by atoms with Crippen molar-refractivity contribution in [1.29, 1.82) is 5.26 Å². The Morgan fingerprint density at radius 2 is 2.46 bits per heavy atom. The molecule has 0 saturated carbocycles. The van der Waals surface area contributed by atoms with Crippen molar-refractivity contribution in [3.05, 3.63) is 23.9 Å². The summed E-state index contributed by atoms with van der Waals surface area (Å²) in [5.41, 5.74) is 0.681. The Bertz CT molecular complexity index is 317. The Morgan fingerprint density at radius 1 is 1.69 bits per heavy atom. The zero-order valence-electron chi connectivity index (χ0n) is 7.82. The summed E-state index contributed by atoms with van der Waals surface area (Å²) in [6.45, 7) is 4.30. The molecule has 0 radical (unpaired) electrons. The van der Waals surface area contributed by atoms with Crippen molar-refractivity contribution in [1.82, 2.24) is 4.98 Å². The number of rotatable bonds is 3. The van der Waals surface area contributed by atoms with Crippen LogP contribution in [-0.4, -0.2) is 10.2 Å². The van der Waals surface area contributed by atoms with E-state index in [2.05, 4.69) is 24.9 Å². The number of thioether (sulfide) groups is 1.